The molecule has 1 atom stereocenters. The van der Waals surface area contributed by atoms with Gasteiger partial charge in [-0.1, -0.05) is 29.8 Å². The molecule has 3 aromatic carbocycles. The highest BCUT2D eigenvalue weighted by Gasteiger charge is 2.33. The lowest BCUT2D eigenvalue weighted by Gasteiger charge is -2.33. The van der Waals surface area contributed by atoms with E-state index < -0.39 is 39.9 Å². The van der Waals surface area contributed by atoms with E-state index in [2.05, 4.69) is 5.32 Å². The Morgan fingerprint density at radius 2 is 1.54 bits per heavy atom. The van der Waals surface area contributed by atoms with Gasteiger partial charge in [0.05, 0.1) is 17.2 Å². The number of nitrogens with zero attached hydrogens (tertiary/aromatic N) is 2. The van der Waals surface area contributed by atoms with E-state index >= 15 is 0 Å². The molecule has 0 aromatic heterocycles. The van der Waals surface area contributed by atoms with Crippen LogP contribution in [0.2, 0.25) is 0 Å². The van der Waals surface area contributed by atoms with E-state index in [1.165, 1.54) is 4.90 Å². The molecule has 0 spiro atoms. The number of anilines is 1. The van der Waals surface area contributed by atoms with E-state index in [9.17, 15) is 22.4 Å². The van der Waals surface area contributed by atoms with Gasteiger partial charge in [0.1, 0.15) is 24.2 Å². The first-order chi connectivity index (χ1) is 19.2. The Morgan fingerprint density at radius 3 is 2.07 bits per heavy atom. The molecule has 0 bridgehead atoms. The van der Waals surface area contributed by atoms with E-state index in [-0.39, 0.29) is 23.0 Å². The summed E-state index contributed by atoms with van der Waals surface area (Å²) in [5.41, 5.74) is 1.50. The number of aryl methyl sites for hydroxylation is 1. The summed E-state index contributed by atoms with van der Waals surface area (Å²) in [5.74, 6) is -1.00. The molecule has 0 heterocycles. The highest BCUT2D eigenvalue weighted by molar-refractivity contribution is 7.92. The van der Waals surface area contributed by atoms with E-state index in [0.29, 0.717) is 12.4 Å². The number of halogens is 1. The van der Waals surface area contributed by atoms with Crippen LogP contribution in [0.25, 0.3) is 0 Å². The third-order valence-electron chi connectivity index (χ3n) is 6.26. The van der Waals surface area contributed by atoms with Crippen molar-refractivity contribution < 1.29 is 27.1 Å². The zero-order valence-electron chi connectivity index (χ0n) is 24.3. The van der Waals surface area contributed by atoms with Crippen LogP contribution in [0.4, 0.5) is 10.1 Å². The van der Waals surface area contributed by atoms with Gasteiger partial charge in [0.15, 0.2) is 0 Å². The predicted octanol–water partition coefficient (Wildman–Crippen LogP) is 5.06. The first-order valence-corrected chi connectivity index (χ1v) is 14.8. The van der Waals surface area contributed by atoms with Crippen LogP contribution in [-0.2, 0) is 26.2 Å². The van der Waals surface area contributed by atoms with Crippen LogP contribution in [0.5, 0.6) is 5.75 Å². The number of rotatable bonds is 11. The molecule has 0 aliphatic rings. The molecule has 1 unspecified atom stereocenters. The lowest BCUT2D eigenvalue weighted by atomic mass is 10.1. The van der Waals surface area contributed by atoms with Crippen molar-refractivity contribution in [3.8, 4) is 5.75 Å². The van der Waals surface area contributed by atoms with Crippen molar-refractivity contribution in [2.24, 2.45) is 0 Å². The smallest absolute Gasteiger partial charge is 0.264 e. The second-order valence-electron chi connectivity index (χ2n) is 10.8. The number of hydrogen-bond donors (Lipinski definition) is 1. The maximum Gasteiger partial charge on any atom is 0.264 e. The molecule has 1 N–H and O–H groups in total. The molecule has 41 heavy (non-hydrogen) atoms. The topological polar surface area (TPSA) is 96.0 Å². The minimum Gasteiger partial charge on any atom is -0.494 e. The first kappa shape index (κ1) is 31.6. The monoisotopic (exact) mass is 583 g/mol. The highest BCUT2D eigenvalue weighted by Crippen LogP contribution is 2.27. The van der Waals surface area contributed by atoms with Gasteiger partial charge >= 0.3 is 0 Å². The molecule has 8 nitrogen and oxygen atoms in total. The zero-order chi connectivity index (χ0) is 30.4. The van der Waals surface area contributed by atoms with E-state index in [4.69, 9.17) is 4.74 Å². The minimum absolute atomic E-state index is 0.0888. The lowest BCUT2D eigenvalue weighted by molar-refractivity contribution is -0.140. The Bertz CT molecular complexity index is 1440. The number of carbonyl (C=O) groups is 2. The van der Waals surface area contributed by atoms with Crippen LogP contribution < -0.4 is 14.4 Å². The molecular formula is C31H38FN3O5S. The molecule has 0 saturated carbocycles. The summed E-state index contributed by atoms with van der Waals surface area (Å²) in [6.07, 6.45) is 0. The second kappa shape index (κ2) is 13.2. The number of amides is 2. The molecule has 220 valence electrons. The number of nitrogens with one attached hydrogen (secondary N) is 1. The predicted molar refractivity (Wildman–Crippen MR) is 158 cm³/mol. The van der Waals surface area contributed by atoms with Gasteiger partial charge in [-0.3, -0.25) is 13.9 Å². The van der Waals surface area contributed by atoms with Gasteiger partial charge in [0.2, 0.25) is 11.8 Å². The van der Waals surface area contributed by atoms with Gasteiger partial charge in [0.25, 0.3) is 10.0 Å². The average molecular weight is 584 g/mol. The highest BCUT2D eigenvalue weighted by atomic mass is 32.2. The number of hydrogen-bond acceptors (Lipinski definition) is 5. The summed E-state index contributed by atoms with van der Waals surface area (Å²) in [4.78, 5) is 28.3. The van der Waals surface area contributed by atoms with Crippen LogP contribution in [-0.4, -0.2) is 49.9 Å². The number of carbonyl (C=O) groups excluding carboxylic acids is 2. The number of benzene rings is 3. The normalized spacial score (nSPS) is 12.4. The molecule has 0 fully saturated rings. The Labute approximate surface area is 242 Å². The maximum atomic E-state index is 14.0. The fraction of sp³-hybridized carbons (Fsp3) is 0.355. The number of ether oxygens (including phenoxy) is 1. The molecule has 0 aliphatic carbocycles. The van der Waals surface area contributed by atoms with Crippen molar-refractivity contribution in [2.75, 3.05) is 17.5 Å². The fourth-order valence-corrected chi connectivity index (χ4v) is 5.50. The minimum atomic E-state index is -4.30. The molecule has 3 rings (SSSR count). The van der Waals surface area contributed by atoms with E-state index in [0.717, 1.165) is 39.7 Å². The molecule has 3 aromatic rings. The molecule has 0 aliphatic heterocycles. The van der Waals surface area contributed by atoms with Crippen molar-refractivity contribution in [1.82, 2.24) is 10.2 Å². The van der Waals surface area contributed by atoms with Gasteiger partial charge in [0, 0.05) is 12.1 Å². The van der Waals surface area contributed by atoms with Gasteiger partial charge in [-0.05, 0) is 95.6 Å². The fourth-order valence-electron chi connectivity index (χ4n) is 4.08. The van der Waals surface area contributed by atoms with Gasteiger partial charge in [-0.2, -0.15) is 0 Å². The zero-order valence-corrected chi connectivity index (χ0v) is 25.2. The Kier molecular flexibility index (Phi) is 10.1. The molecule has 10 heteroatoms. The van der Waals surface area contributed by atoms with Crippen LogP contribution in [0.1, 0.15) is 45.7 Å². The molecule has 0 saturated heterocycles. The molecular weight excluding hydrogens is 545 g/mol. The van der Waals surface area contributed by atoms with Crippen molar-refractivity contribution in [3.63, 3.8) is 0 Å². The Hall–Kier alpha value is -3.92. The number of sulfonamides is 1. The largest absolute Gasteiger partial charge is 0.494 e. The van der Waals surface area contributed by atoms with Crippen molar-refractivity contribution >= 4 is 27.5 Å². The van der Waals surface area contributed by atoms with Crippen LogP contribution in [0.3, 0.4) is 0 Å². The van der Waals surface area contributed by atoms with E-state index in [1.54, 1.807) is 31.2 Å². The van der Waals surface area contributed by atoms with E-state index in [1.807, 2.05) is 58.9 Å². The van der Waals surface area contributed by atoms with Gasteiger partial charge in [-0.15, -0.1) is 0 Å². The summed E-state index contributed by atoms with van der Waals surface area (Å²) in [6, 6.07) is 17.3. The summed E-state index contributed by atoms with van der Waals surface area (Å²) in [6.45, 7) is 10.8. The summed E-state index contributed by atoms with van der Waals surface area (Å²) in [7, 11) is -4.30. The van der Waals surface area contributed by atoms with Crippen LogP contribution in [0.15, 0.2) is 77.7 Å². The summed E-state index contributed by atoms with van der Waals surface area (Å²) in [5, 5.41) is 2.90. The Morgan fingerprint density at radius 1 is 0.951 bits per heavy atom. The average Bonchev–Trinajstić information content (AvgIpc) is 2.91. The standard InChI is InChI=1S/C31H38FN3O5S/c1-7-40-27-16-14-26(15-17-27)35(41(38,39)28-18-12-25(32)13-19-28)21-29(36)34(20-24-10-8-22(2)9-11-24)23(3)30(37)33-31(4,5)6/h8-19,23H,7,20-21H2,1-6H3,(H,33,37). The molecule has 2 amide bonds. The van der Waals surface area contributed by atoms with Gasteiger partial charge < -0.3 is 15.0 Å². The van der Waals surface area contributed by atoms with Crippen molar-refractivity contribution in [2.45, 2.75) is 64.6 Å². The van der Waals surface area contributed by atoms with Gasteiger partial charge in [-0.25, -0.2) is 12.8 Å². The SMILES string of the molecule is CCOc1ccc(N(CC(=O)N(Cc2ccc(C)cc2)C(C)C(=O)NC(C)(C)C)S(=O)(=O)c2ccc(F)cc2)cc1. The van der Waals surface area contributed by atoms with Crippen molar-refractivity contribution in [3.05, 3.63) is 89.7 Å². The third-order valence-corrected chi connectivity index (χ3v) is 8.04. The third kappa shape index (κ3) is 8.53. The first-order valence-electron chi connectivity index (χ1n) is 13.4. The van der Waals surface area contributed by atoms with Crippen LogP contribution >= 0.6 is 0 Å². The quantitative estimate of drug-likeness (QED) is 0.341. The molecule has 0 radical (unpaired) electrons. The van der Waals surface area contributed by atoms with Crippen molar-refractivity contribution in [1.29, 1.82) is 0 Å². The van der Waals surface area contributed by atoms with Crippen LogP contribution in [0, 0.1) is 12.7 Å². The maximum absolute atomic E-state index is 14.0. The lowest BCUT2D eigenvalue weighted by Crippen LogP contribution is -2.54. The summed E-state index contributed by atoms with van der Waals surface area (Å²) < 4.78 is 47.7. The summed E-state index contributed by atoms with van der Waals surface area (Å²) >= 11 is 0. The second-order valence-corrected chi connectivity index (χ2v) is 12.7. The Balaban J connectivity index is 2.03.